The highest BCUT2D eigenvalue weighted by Crippen LogP contribution is 2.30. The van der Waals surface area contributed by atoms with Crippen LogP contribution in [0.2, 0.25) is 0 Å². The lowest BCUT2D eigenvalue weighted by Crippen LogP contribution is -2.43. The average molecular weight is 466 g/mol. The number of carbonyl (C=O) groups excluding carboxylic acids is 4. The minimum Gasteiger partial charge on any atom is -0.468 e. The van der Waals surface area contributed by atoms with Crippen LogP contribution in [0.15, 0.2) is 18.2 Å². The van der Waals surface area contributed by atoms with Crippen molar-refractivity contribution in [3.8, 4) is 11.5 Å². The Balaban J connectivity index is 3.08. The van der Waals surface area contributed by atoms with Gasteiger partial charge < -0.3 is 24.3 Å². The Morgan fingerprint density at radius 1 is 0.879 bits per heavy atom. The van der Waals surface area contributed by atoms with Crippen LogP contribution in [0.5, 0.6) is 11.5 Å². The molecular formula is C24H35NO8. The zero-order valence-electron chi connectivity index (χ0n) is 20.4. The second kappa shape index (κ2) is 13.6. The second-order valence-corrected chi connectivity index (χ2v) is 8.27. The predicted octanol–water partition coefficient (Wildman–Crippen LogP) is 2.82. The standard InChI is InChI=1S/C24H35NO8/c1-8-21(26)31-16(6)13-25-18(24(29)30-7)11-17-9-10-19(32-22(27)14(2)3)20(12-17)33-23(28)15(4)5/h9-10,12,14-16,18,25H,8,11,13H2,1-7H3/t16?,18-/m0/s1. The van der Waals surface area contributed by atoms with Crippen molar-refractivity contribution in [3.05, 3.63) is 23.8 Å². The Kier molecular flexibility index (Phi) is 11.6. The fourth-order valence-electron chi connectivity index (χ4n) is 2.57. The van der Waals surface area contributed by atoms with E-state index in [1.54, 1.807) is 53.7 Å². The second-order valence-electron chi connectivity index (χ2n) is 8.27. The number of benzene rings is 1. The molecule has 0 aliphatic rings. The largest absolute Gasteiger partial charge is 0.468 e. The van der Waals surface area contributed by atoms with E-state index in [1.165, 1.54) is 13.2 Å². The van der Waals surface area contributed by atoms with Crippen LogP contribution in [0.1, 0.15) is 53.5 Å². The molecule has 0 saturated carbocycles. The quantitative estimate of drug-likeness (QED) is 0.367. The van der Waals surface area contributed by atoms with Gasteiger partial charge in [-0.2, -0.15) is 0 Å². The highest BCUT2D eigenvalue weighted by molar-refractivity contribution is 5.78. The van der Waals surface area contributed by atoms with Crippen molar-refractivity contribution in [2.75, 3.05) is 13.7 Å². The summed E-state index contributed by atoms with van der Waals surface area (Å²) in [5, 5.41) is 3.04. The first kappa shape index (κ1) is 28.1. The number of esters is 4. The van der Waals surface area contributed by atoms with Crippen LogP contribution in [-0.4, -0.2) is 49.7 Å². The van der Waals surface area contributed by atoms with Crippen molar-refractivity contribution in [2.45, 2.75) is 66.5 Å². The molecule has 0 aromatic heterocycles. The van der Waals surface area contributed by atoms with Crippen LogP contribution in [0.4, 0.5) is 0 Å². The normalized spacial score (nSPS) is 12.8. The molecule has 1 aromatic rings. The molecule has 0 heterocycles. The van der Waals surface area contributed by atoms with Gasteiger partial charge in [0, 0.05) is 13.0 Å². The maximum absolute atomic E-state index is 12.3. The van der Waals surface area contributed by atoms with Gasteiger partial charge in [0.25, 0.3) is 0 Å². The van der Waals surface area contributed by atoms with Gasteiger partial charge in [-0.05, 0) is 31.0 Å². The summed E-state index contributed by atoms with van der Waals surface area (Å²) < 4.78 is 20.9. The molecule has 1 N–H and O–H groups in total. The summed E-state index contributed by atoms with van der Waals surface area (Å²) in [5.41, 5.74) is 0.645. The highest BCUT2D eigenvalue weighted by atomic mass is 16.6. The Bertz CT molecular complexity index is 834. The van der Waals surface area contributed by atoms with Crippen molar-refractivity contribution in [3.63, 3.8) is 0 Å². The van der Waals surface area contributed by atoms with Crippen LogP contribution in [-0.2, 0) is 35.1 Å². The molecule has 0 bridgehead atoms. The monoisotopic (exact) mass is 465 g/mol. The summed E-state index contributed by atoms with van der Waals surface area (Å²) in [7, 11) is 1.28. The van der Waals surface area contributed by atoms with Gasteiger partial charge in [0.05, 0.1) is 18.9 Å². The first-order valence-corrected chi connectivity index (χ1v) is 11.0. The van der Waals surface area contributed by atoms with Crippen LogP contribution < -0.4 is 14.8 Å². The summed E-state index contributed by atoms with van der Waals surface area (Å²) in [5.74, 6) is -2.32. The topological polar surface area (TPSA) is 117 Å². The third kappa shape index (κ3) is 9.61. The third-order valence-electron chi connectivity index (χ3n) is 4.57. The molecule has 2 atom stereocenters. The van der Waals surface area contributed by atoms with Gasteiger partial charge in [0.2, 0.25) is 0 Å². The Morgan fingerprint density at radius 2 is 1.45 bits per heavy atom. The number of nitrogens with one attached hydrogen (secondary N) is 1. The minimum absolute atomic E-state index is 0.0917. The van der Waals surface area contributed by atoms with Gasteiger partial charge in [-0.3, -0.25) is 19.2 Å². The Morgan fingerprint density at radius 3 is 1.97 bits per heavy atom. The smallest absolute Gasteiger partial charge is 0.323 e. The minimum atomic E-state index is -0.740. The summed E-state index contributed by atoms with van der Waals surface area (Å²) in [6.07, 6.45) is 0.0206. The van der Waals surface area contributed by atoms with E-state index in [-0.39, 0.29) is 48.7 Å². The van der Waals surface area contributed by atoms with Gasteiger partial charge in [0.15, 0.2) is 11.5 Å². The summed E-state index contributed by atoms with van der Waals surface area (Å²) in [4.78, 5) is 48.0. The lowest BCUT2D eigenvalue weighted by Gasteiger charge is -2.20. The maximum atomic E-state index is 12.3. The molecule has 0 spiro atoms. The van der Waals surface area contributed by atoms with Crippen molar-refractivity contribution in [1.82, 2.24) is 5.32 Å². The van der Waals surface area contributed by atoms with Crippen LogP contribution in [0.3, 0.4) is 0 Å². The van der Waals surface area contributed by atoms with Gasteiger partial charge in [-0.1, -0.05) is 40.7 Å². The lowest BCUT2D eigenvalue weighted by molar-refractivity contribution is -0.148. The van der Waals surface area contributed by atoms with Gasteiger partial charge in [-0.15, -0.1) is 0 Å². The molecule has 1 aromatic carbocycles. The lowest BCUT2D eigenvalue weighted by atomic mass is 10.0. The molecule has 0 aliphatic carbocycles. The molecule has 1 unspecified atom stereocenters. The SMILES string of the molecule is CCC(=O)OC(C)CN[C@@H](Cc1ccc(OC(=O)C(C)C)c(OC(=O)C(C)C)c1)C(=O)OC. The number of hydrogen-bond acceptors (Lipinski definition) is 9. The van der Waals surface area contributed by atoms with Gasteiger partial charge in [-0.25, -0.2) is 0 Å². The zero-order chi connectivity index (χ0) is 25.1. The molecule has 1 rings (SSSR count). The van der Waals surface area contributed by atoms with E-state index < -0.39 is 30.1 Å². The van der Waals surface area contributed by atoms with Crippen LogP contribution in [0.25, 0.3) is 0 Å². The fraction of sp³-hybridized carbons (Fsp3) is 0.583. The molecule has 0 fully saturated rings. The molecule has 0 saturated heterocycles. The highest BCUT2D eigenvalue weighted by Gasteiger charge is 2.23. The van der Waals surface area contributed by atoms with Gasteiger partial charge >= 0.3 is 23.9 Å². The van der Waals surface area contributed by atoms with E-state index in [0.717, 1.165) is 0 Å². The zero-order valence-corrected chi connectivity index (χ0v) is 20.4. The van der Waals surface area contributed by atoms with Crippen molar-refractivity contribution < 1.29 is 38.1 Å². The first-order valence-electron chi connectivity index (χ1n) is 11.0. The summed E-state index contributed by atoms with van der Waals surface area (Å²) in [6.45, 7) is 10.4. The third-order valence-corrected chi connectivity index (χ3v) is 4.57. The van der Waals surface area contributed by atoms with Crippen molar-refractivity contribution >= 4 is 23.9 Å². The number of carbonyl (C=O) groups is 4. The molecule has 184 valence electrons. The van der Waals surface area contributed by atoms with E-state index in [1.807, 2.05) is 0 Å². The summed E-state index contributed by atoms with van der Waals surface area (Å²) >= 11 is 0. The number of methoxy groups -OCH3 is 1. The molecule has 0 aliphatic heterocycles. The molecule has 0 amide bonds. The van der Waals surface area contributed by atoms with Gasteiger partial charge in [0.1, 0.15) is 12.1 Å². The molecular weight excluding hydrogens is 430 g/mol. The van der Waals surface area contributed by atoms with E-state index in [0.29, 0.717) is 5.56 Å². The first-order chi connectivity index (χ1) is 15.5. The Labute approximate surface area is 195 Å². The van der Waals surface area contributed by atoms with Crippen LogP contribution >= 0.6 is 0 Å². The van der Waals surface area contributed by atoms with E-state index in [9.17, 15) is 19.2 Å². The van der Waals surface area contributed by atoms with Crippen molar-refractivity contribution in [1.29, 1.82) is 0 Å². The number of ether oxygens (including phenoxy) is 4. The molecule has 0 radical (unpaired) electrons. The number of rotatable bonds is 12. The fourth-order valence-corrected chi connectivity index (χ4v) is 2.57. The summed E-state index contributed by atoms with van der Waals surface area (Å²) in [6, 6.07) is 4.02. The van der Waals surface area contributed by atoms with E-state index >= 15 is 0 Å². The average Bonchev–Trinajstić information content (AvgIpc) is 2.77. The van der Waals surface area contributed by atoms with Crippen molar-refractivity contribution in [2.24, 2.45) is 11.8 Å². The predicted molar refractivity (Wildman–Crippen MR) is 121 cm³/mol. The molecule has 33 heavy (non-hydrogen) atoms. The molecule has 9 nitrogen and oxygen atoms in total. The Hall–Kier alpha value is -2.94. The number of hydrogen-bond donors (Lipinski definition) is 1. The van der Waals surface area contributed by atoms with Crippen LogP contribution in [0, 0.1) is 11.8 Å². The maximum Gasteiger partial charge on any atom is 0.323 e. The van der Waals surface area contributed by atoms with E-state index in [2.05, 4.69) is 5.32 Å². The van der Waals surface area contributed by atoms with E-state index in [4.69, 9.17) is 18.9 Å². The molecule has 9 heteroatoms.